The van der Waals surface area contributed by atoms with Crippen molar-refractivity contribution in [1.29, 1.82) is 0 Å². The largest absolute Gasteiger partial charge is 0.478 e. The average Bonchev–Trinajstić information content (AvgIpc) is 2.44. The van der Waals surface area contributed by atoms with Gasteiger partial charge in [0, 0.05) is 33.4 Å². The first-order valence-electron chi connectivity index (χ1n) is 6.62. The molecule has 1 N–H and O–H groups in total. The fourth-order valence-corrected chi connectivity index (χ4v) is 2.00. The first kappa shape index (κ1) is 16.6. The lowest BCUT2D eigenvalue weighted by molar-refractivity contribution is 0.0695. The predicted octanol–water partition coefficient (Wildman–Crippen LogP) is 1.87. The number of benzene rings is 1. The molecule has 0 aliphatic rings. The van der Waals surface area contributed by atoms with Gasteiger partial charge in [-0.05, 0) is 24.6 Å². The number of nitrogens with zero attached hydrogens (tertiary/aromatic N) is 1. The van der Waals surface area contributed by atoms with Gasteiger partial charge in [0.05, 0.1) is 18.8 Å². The van der Waals surface area contributed by atoms with Crippen LogP contribution in [0.15, 0.2) is 24.3 Å². The maximum Gasteiger partial charge on any atom is 0.335 e. The Labute approximate surface area is 120 Å². The molecule has 0 spiro atoms. The number of ether oxygens (including phenoxy) is 2. The molecule has 0 saturated heterocycles. The van der Waals surface area contributed by atoms with E-state index in [2.05, 4.69) is 11.8 Å². The molecular weight excluding hydrogens is 258 g/mol. The van der Waals surface area contributed by atoms with Gasteiger partial charge < -0.3 is 14.6 Å². The van der Waals surface area contributed by atoms with E-state index in [9.17, 15) is 4.79 Å². The Morgan fingerprint density at radius 3 is 2.40 bits per heavy atom. The van der Waals surface area contributed by atoms with E-state index in [-0.39, 0.29) is 6.04 Å². The zero-order valence-corrected chi connectivity index (χ0v) is 12.3. The molecule has 0 saturated carbocycles. The van der Waals surface area contributed by atoms with Crippen LogP contribution >= 0.6 is 0 Å². The minimum absolute atomic E-state index is 0.273. The number of carboxylic acid groups (broad SMARTS) is 1. The Hall–Kier alpha value is -1.43. The Bertz CT molecular complexity index is 405. The van der Waals surface area contributed by atoms with Crippen molar-refractivity contribution in [2.45, 2.75) is 19.5 Å². The third-order valence-corrected chi connectivity index (χ3v) is 3.20. The quantitative estimate of drug-likeness (QED) is 0.749. The van der Waals surface area contributed by atoms with Crippen LogP contribution in [0.2, 0.25) is 0 Å². The zero-order valence-electron chi connectivity index (χ0n) is 12.3. The molecule has 0 bridgehead atoms. The van der Waals surface area contributed by atoms with Gasteiger partial charge in [0.2, 0.25) is 0 Å². The summed E-state index contributed by atoms with van der Waals surface area (Å²) >= 11 is 0. The van der Waals surface area contributed by atoms with Crippen molar-refractivity contribution in [3.8, 4) is 0 Å². The van der Waals surface area contributed by atoms with Crippen molar-refractivity contribution in [2.75, 3.05) is 34.0 Å². The highest BCUT2D eigenvalue weighted by Gasteiger charge is 2.14. The van der Waals surface area contributed by atoms with Crippen molar-refractivity contribution in [2.24, 2.45) is 0 Å². The highest BCUT2D eigenvalue weighted by atomic mass is 16.5. The summed E-state index contributed by atoms with van der Waals surface area (Å²) in [6.07, 6.45) is 0. The monoisotopic (exact) mass is 281 g/mol. The Balaban J connectivity index is 2.69. The number of methoxy groups -OCH3 is 2. The van der Waals surface area contributed by atoms with E-state index in [0.29, 0.717) is 18.8 Å². The molecule has 5 nitrogen and oxygen atoms in total. The molecule has 1 aromatic rings. The molecule has 1 rings (SSSR count). The topological polar surface area (TPSA) is 59.0 Å². The molecule has 20 heavy (non-hydrogen) atoms. The summed E-state index contributed by atoms with van der Waals surface area (Å²) in [5.74, 6) is -0.902. The van der Waals surface area contributed by atoms with E-state index >= 15 is 0 Å². The molecule has 0 aliphatic carbocycles. The maximum absolute atomic E-state index is 10.8. The third kappa shape index (κ3) is 5.28. The van der Waals surface area contributed by atoms with Crippen LogP contribution in [0, 0.1) is 0 Å². The fourth-order valence-electron chi connectivity index (χ4n) is 2.00. The Morgan fingerprint density at radius 2 is 1.90 bits per heavy atom. The molecule has 1 unspecified atom stereocenters. The predicted molar refractivity (Wildman–Crippen MR) is 77.0 cm³/mol. The first-order valence-corrected chi connectivity index (χ1v) is 6.62. The van der Waals surface area contributed by atoms with Gasteiger partial charge in [-0.3, -0.25) is 4.90 Å². The number of carboxylic acids is 1. The van der Waals surface area contributed by atoms with Crippen LogP contribution in [-0.4, -0.2) is 56.0 Å². The third-order valence-electron chi connectivity index (χ3n) is 3.20. The van der Waals surface area contributed by atoms with E-state index in [1.165, 1.54) is 0 Å². The molecule has 0 amide bonds. The van der Waals surface area contributed by atoms with Gasteiger partial charge in [0.15, 0.2) is 0 Å². The highest BCUT2D eigenvalue weighted by Crippen LogP contribution is 2.10. The average molecular weight is 281 g/mol. The van der Waals surface area contributed by atoms with Crippen LogP contribution < -0.4 is 0 Å². The summed E-state index contributed by atoms with van der Waals surface area (Å²) in [6, 6.07) is 7.24. The van der Waals surface area contributed by atoms with Crippen molar-refractivity contribution in [3.63, 3.8) is 0 Å². The second-order valence-electron chi connectivity index (χ2n) is 4.77. The highest BCUT2D eigenvalue weighted by molar-refractivity contribution is 5.87. The minimum Gasteiger partial charge on any atom is -0.478 e. The summed E-state index contributed by atoms with van der Waals surface area (Å²) in [4.78, 5) is 13.1. The van der Waals surface area contributed by atoms with Gasteiger partial charge in [-0.2, -0.15) is 0 Å². The van der Waals surface area contributed by atoms with Crippen molar-refractivity contribution in [1.82, 2.24) is 4.90 Å². The van der Waals surface area contributed by atoms with Crippen molar-refractivity contribution in [3.05, 3.63) is 35.4 Å². The van der Waals surface area contributed by atoms with E-state index < -0.39 is 5.97 Å². The van der Waals surface area contributed by atoms with Crippen molar-refractivity contribution >= 4 is 5.97 Å². The van der Waals surface area contributed by atoms with Crippen LogP contribution in [0.4, 0.5) is 0 Å². The molecule has 0 aromatic heterocycles. The molecular formula is C15H23NO4. The smallest absolute Gasteiger partial charge is 0.335 e. The summed E-state index contributed by atoms with van der Waals surface area (Å²) in [6.45, 7) is 4.96. The van der Waals surface area contributed by atoms with E-state index in [0.717, 1.165) is 18.7 Å². The molecule has 0 fully saturated rings. The second-order valence-corrected chi connectivity index (χ2v) is 4.77. The normalized spacial score (nSPS) is 12.6. The van der Waals surface area contributed by atoms with Gasteiger partial charge in [-0.1, -0.05) is 12.1 Å². The van der Waals surface area contributed by atoms with E-state index in [1.54, 1.807) is 26.4 Å². The molecule has 0 heterocycles. The number of carbonyl (C=O) groups is 1. The standard InChI is InChI=1S/C15H23NO4/c1-12(11-20-3)16(8-9-19-2)10-13-4-6-14(7-5-13)15(17)18/h4-7,12H,8-11H2,1-3H3,(H,17,18). The van der Waals surface area contributed by atoms with Gasteiger partial charge in [0.1, 0.15) is 0 Å². The number of hydrogen-bond acceptors (Lipinski definition) is 4. The number of aromatic carboxylic acids is 1. The molecule has 112 valence electrons. The van der Waals surface area contributed by atoms with E-state index in [1.807, 2.05) is 12.1 Å². The van der Waals surface area contributed by atoms with Gasteiger partial charge in [-0.25, -0.2) is 4.79 Å². The number of rotatable bonds is 9. The second kappa shape index (κ2) is 8.68. The lowest BCUT2D eigenvalue weighted by Gasteiger charge is -2.28. The Morgan fingerprint density at radius 1 is 1.25 bits per heavy atom. The zero-order chi connectivity index (χ0) is 15.0. The summed E-state index contributed by atoms with van der Waals surface area (Å²) in [5, 5.41) is 8.89. The van der Waals surface area contributed by atoms with Crippen molar-refractivity contribution < 1.29 is 19.4 Å². The molecule has 1 aromatic carbocycles. The number of hydrogen-bond donors (Lipinski definition) is 1. The fraction of sp³-hybridized carbons (Fsp3) is 0.533. The van der Waals surface area contributed by atoms with Crippen LogP contribution in [-0.2, 0) is 16.0 Å². The summed E-state index contributed by atoms with van der Waals surface area (Å²) < 4.78 is 10.3. The lowest BCUT2D eigenvalue weighted by Crippen LogP contribution is -2.38. The van der Waals surface area contributed by atoms with Crippen LogP contribution in [0.1, 0.15) is 22.8 Å². The van der Waals surface area contributed by atoms with Gasteiger partial charge in [-0.15, -0.1) is 0 Å². The minimum atomic E-state index is -0.902. The molecule has 1 atom stereocenters. The lowest BCUT2D eigenvalue weighted by atomic mass is 10.1. The first-order chi connectivity index (χ1) is 9.58. The Kier molecular flexibility index (Phi) is 7.22. The van der Waals surface area contributed by atoms with Gasteiger partial charge in [0.25, 0.3) is 0 Å². The van der Waals surface area contributed by atoms with E-state index in [4.69, 9.17) is 14.6 Å². The summed E-state index contributed by atoms with van der Waals surface area (Å²) in [7, 11) is 3.37. The van der Waals surface area contributed by atoms with Crippen LogP contribution in [0.5, 0.6) is 0 Å². The van der Waals surface area contributed by atoms with Crippen LogP contribution in [0.25, 0.3) is 0 Å². The molecule has 5 heteroatoms. The SMILES string of the molecule is COCCN(Cc1ccc(C(=O)O)cc1)C(C)COC. The summed E-state index contributed by atoms with van der Waals surface area (Å²) in [5.41, 5.74) is 1.39. The maximum atomic E-state index is 10.8. The van der Waals surface area contributed by atoms with Crippen LogP contribution in [0.3, 0.4) is 0 Å². The molecule has 0 aliphatic heterocycles. The van der Waals surface area contributed by atoms with Gasteiger partial charge >= 0.3 is 5.97 Å². The molecule has 0 radical (unpaired) electrons.